The number of nitrogens with zero attached hydrogens (tertiary/aromatic N) is 4. The van der Waals surface area contributed by atoms with Crippen molar-refractivity contribution in [2.75, 3.05) is 13.1 Å². The molecule has 0 aliphatic carbocycles. The predicted molar refractivity (Wildman–Crippen MR) is 96.4 cm³/mol. The zero-order valence-electron chi connectivity index (χ0n) is 14.2. The average molecular weight is 346 g/mol. The Kier molecular flexibility index (Phi) is 3.75. The molecule has 6 heteroatoms. The monoisotopic (exact) mass is 346 g/mol. The molecule has 4 heterocycles. The van der Waals surface area contributed by atoms with E-state index in [9.17, 15) is 0 Å². The van der Waals surface area contributed by atoms with Gasteiger partial charge in [-0.15, -0.1) is 10.2 Å². The zero-order valence-corrected chi connectivity index (χ0v) is 14.2. The van der Waals surface area contributed by atoms with Gasteiger partial charge < -0.3 is 8.83 Å². The highest BCUT2D eigenvalue weighted by Gasteiger charge is 2.28. The summed E-state index contributed by atoms with van der Waals surface area (Å²) in [5.74, 6) is 2.01. The number of furan rings is 1. The summed E-state index contributed by atoms with van der Waals surface area (Å²) in [6.45, 7) is 2.80. The van der Waals surface area contributed by atoms with E-state index in [1.165, 1.54) is 10.9 Å². The summed E-state index contributed by atoms with van der Waals surface area (Å²) in [5, 5.41) is 9.51. The van der Waals surface area contributed by atoms with Gasteiger partial charge in [0.15, 0.2) is 5.76 Å². The summed E-state index contributed by atoms with van der Waals surface area (Å²) in [6.07, 6.45) is 4.59. The molecule has 0 N–H and O–H groups in total. The molecule has 5 rings (SSSR count). The first-order valence-corrected chi connectivity index (χ1v) is 8.78. The fourth-order valence-electron chi connectivity index (χ4n) is 3.54. The maximum atomic E-state index is 5.81. The van der Waals surface area contributed by atoms with Crippen molar-refractivity contribution >= 4 is 10.9 Å². The molecule has 130 valence electrons. The molecule has 26 heavy (non-hydrogen) atoms. The van der Waals surface area contributed by atoms with Crippen LogP contribution >= 0.6 is 0 Å². The van der Waals surface area contributed by atoms with E-state index >= 15 is 0 Å². The highest BCUT2D eigenvalue weighted by Crippen LogP contribution is 2.29. The summed E-state index contributed by atoms with van der Waals surface area (Å²) < 4.78 is 11.1. The van der Waals surface area contributed by atoms with E-state index in [1.807, 2.05) is 36.5 Å². The third kappa shape index (κ3) is 2.88. The molecule has 1 atom stereocenters. The Morgan fingerprint density at radius 2 is 2.08 bits per heavy atom. The van der Waals surface area contributed by atoms with Crippen LogP contribution in [0.1, 0.15) is 23.8 Å². The van der Waals surface area contributed by atoms with Crippen LogP contribution < -0.4 is 0 Å². The van der Waals surface area contributed by atoms with Crippen LogP contribution in [0.4, 0.5) is 0 Å². The van der Waals surface area contributed by atoms with Crippen molar-refractivity contribution in [2.24, 2.45) is 0 Å². The first-order chi connectivity index (χ1) is 12.8. The van der Waals surface area contributed by atoms with Gasteiger partial charge in [-0.1, -0.05) is 18.2 Å². The molecule has 1 aromatic carbocycles. The molecule has 0 spiro atoms. The van der Waals surface area contributed by atoms with Gasteiger partial charge in [-0.25, -0.2) is 0 Å². The number of pyridine rings is 1. The number of fused-ring (bicyclic) bond motifs is 1. The van der Waals surface area contributed by atoms with Crippen LogP contribution in [0, 0.1) is 0 Å². The van der Waals surface area contributed by atoms with Crippen molar-refractivity contribution in [3.63, 3.8) is 0 Å². The zero-order chi connectivity index (χ0) is 17.3. The lowest BCUT2D eigenvalue weighted by Gasteiger charge is -2.15. The molecular weight excluding hydrogens is 328 g/mol. The number of benzene rings is 1. The summed E-state index contributed by atoms with van der Waals surface area (Å²) >= 11 is 0. The topological polar surface area (TPSA) is 68.2 Å². The van der Waals surface area contributed by atoms with Gasteiger partial charge in [0.2, 0.25) is 5.89 Å². The maximum absolute atomic E-state index is 5.81. The molecule has 4 aromatic rings. The van der Waals surface area contributed by atoms with Gasteiger partial charge in [-0.2, -0.15) is 0 Å². The number of aromatic nitrogens is 3. The Balaban J connectivity index is 1.28. The Hall–Kier alpha value is -2.99. The van der Waals surface area contributed by atoms with Crippen molar-refractivity contribution in [1.82, 2.24) is 20.1 Å². The van der Waals surface area contributed by atoms with E-state index in [2.05, 4.69) is 32.2 Å². The quantitative estimate of drug-likeness (QED) is 0.559. The lowest BCUT2D eigenvalue weighted by molar-refractivity contribution is 0.320. The van der Waals surface area contributed by atoms with Crippen molar-refractivity contribution in [3.8, 4) is 11.7 Å². The average Bonchev–Trinajstić information content (AvgIpc) is 3.42. The highest BCUT2D eigenvalue weighted by molar-refractivity contribution is 5.78. The molecule has 6 nitrogen and oxygen atoms in total. The van der Waals surface area contributed by atoms with Crippen molar-refractivity contribution < 1.29 is 8.83 Å². The van der Waals surface area contributed by atoms with Gasteiger partial charge >= 0.3 is 0 Å². The molecular formula is C20H18N4O2. The third-order valence-electron chi connectivity index (χ3n) is 4.85. The second-order valence-electron chi connectivity index (χ2n) is 6.68. The van der Waals surface area contributed by atoms with Gasteiger partial charge in [0.1, 0.15) is 0 Å². The molecule has 1 fully saturated rings. The predicted octanol–water partition coefficient (Wildman–Crippen LogP) is 3.87. The number of rotatable bonds is 4. The molecule has 1 aliphatic rings. The minimum absolute atomic E-state index is 0.264. The minimum atomic E-state index is 0.264. The van der Waals surface area contributed by atoms with Crippen molar-refractivity contribution in [1.29, 1.82) is 0 Å². The van der Waals surface area contributed by atoms with Gasteiger partial charge in [0, 0.05) is 24.7 Å². The first kappa shape index (κ1) is 15.3. The smallest absolute Gasteiger partial charge is 0.283 e. The Morgan fingerprint density at radius 3 is 3.00 bits per heavy atom. The van der Waals surface area contributed by atoms with Crippen LogP contribution in [-0.2, 0) is 6.54 Å². The minimum Gasteiger partial charge on any atom is -0.459 e. The Labute approximate surface area is 150 Å². The number of para-hydroxylation sites is 1. The fraction of sp³-hybridized carbons (Fsp3) is 0.250. The van der Waals surface area contributed by atoms with E-state index in [0.29, 0.717) is 17.5 Å². The molecule has 1 saturated heterocycles. The lowest BCUT2D eigenvalue weighted by Crippen LogP contribution is -2.19. The molecule has 0 radical (unpaired) electrons. The summed E-state index contributed by atoms with van der Waals surface area (Å²) in [4.78, 5) is 6.96. The van der Waals surface area contributed by atoms with E-state index < -0.39 is 0 Å². The fourth-order valence-corrected chi connectivity index (χ4v) is 3.54. The van der Waals surface area contributed by atoms with E-state index in [4.69, 9.17) is 8.83 Å². The largest absolute Gasteiger partial charge is 0.459 e. The third-order valence-corrected chi connectivity index (χ3v) is 4.85. The summed E-state index contributed by atoms with van der Waals surface area (Å²) in [5.41, 5.74) is 2.26. The summed E-state index contributed by atoms with van der Waals surface area (Å²) in [7, 11) is 0. The van der Waals surface area contributed by atoms with Crippen LogP contribution in [0.5, 0.6) is 0 Å². The van der Waals surface area contributed by atoms with Crippen LogP contribution in [-0.4, -0.2) is 33.2 Å². The van der Waals surface area contributed by atoms with Crippen LogP contribution in [0.3, 0.4) is 0 Å². The van der Waals surface area contributed by atoms with E-state index in [-0.39, 0.29) is 5.92 Å². The maximum Gasteiger partial charge on any atom is 0.283 e. The van der Waals surface area contributed by atoms with Crippen LogP contribution in [0.2, 0.25) is 0 Å². The van der Waals surface area contributed by atoms with Crippen molar-refractivity contribution in [2.45, 2.75) is 18.9 Å². The van der Waals surface area contributed by atoms with Gasteiger partial charge in [0.25, 0.3) is 5.89 Å². The molecule has 1 unspecified atom stereocenters. The van der Waals surface area contributed by atoms with Gasteiger partial charge in [-0.3, -0.25) is 9.88 Å². The van der Waals surface area contributed by atoms with E-state index in [1.54, 1.807) is 6.26 Å². The molecule has 1 aliphatic heterocycles. The molecule has 3 aromatic heterocycles. The summed E-state index contributed by atoms with van der Waals surface area (Å²) in [6, 6.07) is 14.1. The van der Waals surface area contributed by atoms with Gasteiger partial charge in [-0.05, 0) is 42.8 Å². The second-order valence-corrected chi connectivity index (χ2v) is 6.68. The molecule has 0 amide bonds. The molecule has 0 bridgehead atoms. The second kappa shape index (κ2) is 6.38. The highest BCUT2D eigenvalue weighted by atomic mass is 16.4. The normalized spacial score (nSPS) is 17.9. The first-order valence-electron chi connectivity index (χ1n) is 8.78. The standard InChI is InChI=1S/C20H18N4O2/c1-2-5-17-15(4-1)10-14(11-21-17)12-24-8-7-16(13-24)19-22-23-20(26-19)18-6-3-9-25-18/h1-6,9-11,16H,7-8,12-13H2. The van der Waals surface area contributed by atoms with E-state index in [0.717, 1.165) is 31.6 Å². The van der Waals surface area contributed by atoms with Crippen LogP contribution in [0.15, 0.2) is 63.8 Å². The Morgan fingerprint density at radius 1 is 1.12 bits per heavy atom. The van der Waals surface area contributed by atoms with Gasteiger partial charge in [0.05, 0.1) is 17.7 Å². The number of hydrogen-bond acceptors (Lipinski definition) is 6. The Bertz CT molecular complexity index is 1030. The van der Waals surface area contributed by atoms with Crippen molar-refractivity contribution in [3.05, 3.63) is 66.4 Å². The lowest BCUT2D eigenvalue weighted by atomic mass is 10.1. The molecule has 0 saturated carbocycles. The number of likely N-dealkylation sites (tertiary alicyclic amines) is 1. The number of hydrogen-bond donors (Lipinski definition) is 0. The van der Waals surface area contributed by atoms with Crippen LogP contribution in [0.25, 0.3) is 22.6 Å². The SMILES string of the molecule is c1coc(-c2nnc(C3CCN(Cc4cnc5ccccc5c4)C3)o2)c1.